The number of carbonyl (C=O) groups is 1. The van der Waals surface area contributed by atoms with Crippen molar-refractivity contribution in [2.75, 3.05) is 19.6 Å². The minimum Gasteiger partial charge on any atom is -0.351 e. The van der Waals surface area contributed by atoms with Crippen LogP contribution in [0.3, 0.4) is 0 Å². The van der Waals surface area contributed by atoms with Crippen LogP contribution in [0.5, 0.6) is 0 Å². The van der Waals surface area contributed by atoms with Gasteiger partial charge in [0.1, 0.15) is 0 Å². The molecular formula is C10H15N3O2. The van der Waals surface area contributed by atoms with Crippen molar-refractivity contribution in [2.24, 2.45) is 5.92 Å². The van der Waals surface area contributed by atoms with E-state index in [2.05, 4.69) is 15.8 Å². The Morgan fingerprint density at radius 3 is 3.27 bits per heavy atom. The molecule has 5 nitrogen and oxygen atoms in total. The first-order valence-corrected chi connectivity index (χ1v) is 5.17. The molecule has 1 unspecified atom stereocenters. The molecule has 2 N–H and O–H groups in total. The topological polar surface area (TPSA) is 67.2 Å². The van der Waals surface area contributed by atoms with Crippen LogP contribution in [0.2, 0.25) is 0 Å². The Kier molecular flexibility index (Phi) is 3.01. The van der Waals surface area contributed by atoms with Gasteiger partial charge in [-0.2, -0.15) is 0 Å². The number of rotatable bonds is 3. The molecular weight excluding hydrogens is 194 g/mol. The largest absolute Gasteiger partial charge is 0.351 e. The molecule has 15 heavy (non-hydrogen) atoms. The van der Waals surface area contributed by atoms with E-state index >= 15 is 0 Å². The maximum Gasteiger partial charge on any atom is 0.290 e. The van der Waals surface area contributed by atoms with Crippen molar-refractivity contribution in [2.45, 2.75) is 13.3 Å². The van der Waals surface area contributed by atoms with Crippen LogP contribution in [0.1, 0.15) is 22.5 Å². The number of amides is 1. The second-order valence-electron chi connectivity index (χ2n) is 3.91. The van der Waals surface area contributed by atoms with Crippen molar-refractivity contribution in [3.8, 4) is 0 Å². The molecule has 2 heterocycles. The summed E-state index contributed by atoms with van der Waals surface area (Å²) < 4.78 is 4.86. The smallest absolute Gasteiger partial charge is 0.290 e. The lowest BCUT2D eigenvalue weighted by molar-refractivity contribution is 0.0910. The Balaban J connectivity index is 1.84. The molecule has 5 heteroatoms. The summed E-state index contributed by atoms with van der Waals surface area (Å²) in [5.74, 6) is 0.690. The summed E-state index contributed by atoms with van der Waals surface area (Å²) in [5, 5.41) is 9.68. The quantitative estimate of drug-likeness (QED) is 0.752. The fourth-order valence-corrected chi connectivity index (χ4v) is 1.72. The van der Waals surface area contributed by atoms with E-state index in [1.165, 1.54) is 0 Å². The molecule has 1 amide bonds. The van der Waals surface area contributed by atoms with Crippen molar-refractivity contribution in [3.63, 3.8) is 0 Å². The zero-order chi connectivity index (χ0) is 10.7. The summed E-state index contributed by atoms with van der Waals surface area (Å²) in [4.78, 5) is 11.6. The average Bonchev–Trinajstić information content (AvgIpc) is 2.84. The normalized spacial score (nSPS) is 20.5. The lowest BCUT2D eigenvalue weighted by Crippen LogP contribution is -2.30. The van der Waals surface area contributed by atoms with Gasteiger partial charge in [0.15, 0.2) is 0 Å². The van der Waals surface area contributed by atoms with Crippen molar-refractivity contribution >= 4 is 5.91 Å². The van der Waals surface area contributed by atoms with E-state index < -0.39 is 0 Å². The minimum atomic E-state index is -0.170. The summed E-state index contributed by atoms with van der Waals surface area (Å²) in [6.07, 6.45) is 2.67. The first-order chi connectivity index (χ1) is 7.27. The highest BCUT2D eigenvalue weighted by Crippen LogP contribution is 2.08. The zero-order valence-corrected chi connectivity index (χ0v) is 8.75. The predicted molar refractivity (Wildman–Crippen MR) is 54.5 cm³/mol. The SMILES string of the molecule is Cc1cnoc1C(=O)NCC1CCNC1. The van der Waals surface area contributed by atoms with Crippen LogP contribution in [-0.4, -0.2) is 30.7 Å². The van der Waals surface area contributed by atoms with Gasteiger partial charge in [-0.25, -0.2) is 0 Å². The lowest BCUT2D eigenvalue weighted by Gasteiger charge is -2.08. The summed E-state index contributed by atoms with van der Waals surface area (Å²) >= 11 is 0. The van der Waals surface area contributed by atoms with Gasteiger partial charge >= 0.3 is 0 Å². The van der Waals surface area contributed by atoms with Gasteiger partial charge in [0.2, 0.25) is 5.76 Å². The standard InChI is InChI=1S/C10H15N3O2/c1-7-4-13-15-9(7)10(14)12-6-8-2-3-11-5-8/h4,8,11H,2-3,5-6H2,1H3,(H,12,14). The number of nitrogens with one attached hydrogen (secondary N) is 2. The van der Waals surface area contributed by atoms with Gasteiger partial charge < -0.3 is 15.2 Å². The van der Waals surface area contributed by atoms with E-state index in [-0.39, 0.29) is 5.91 Å². The van der Waals surface area contributed by atoms with Crippen LogP contribution < -0.4 is 10.6 Å². The molecule has 82 valence electrons. The average molecular weight is 209 g/mol. The van der Waals surface area contributed by atoms with Crippen molar-refractivity contribution in [1.29, 1.82) is 0 Å². The molecule has 2 rings (SSSR count). The molecule has 0 radical (unpaired) electrons. The van der Waals surface area contributed by atoms with Crippen LogP contribution in [0.4, 0.5) is 0 Å². The molecule has 0 bridgehead atoms. The number of carbonyl (C=O) groups excluding carboxylic acids is 1. The molecule has 0 aromatic carbocycles. The Labute approximate surface area is 88.2 Å². The molecule has 0 spiro atoms. The maximum atomic E-state index is 11.6. The van der Waals surface area contributed by atoms with Crippen LogP contribution in [-0.2, 0) is 0 Å². The molecule has 1 aliphatic rings. The molecule has 1 aromatic rings. The van der Waals surface area contributed by atoms with Gasteiger partial charge in [-0.3, -0.25) is 4.79 Å². The molecule has 0 saturated carbocycles. The number of hydrogen-bond acceptors (Lipinski definition) is 4. The summed E-state index contributed by atoms with van der Waals surface area (Å²) in [6, 6.07) is 0. The third-order valence-electron chi connectivity index (χ3n) is 2.67. The maximum absolute atomic E-state index is 11.6. The minimum absolute atomic E-state index is 0.170. The molecule has 0 aliphatic carbocycles. The predicted octanol–water partition coefficient (Wildman–Crippen LogP) is 0.322. The van der Waals surface area contributed by atoms with Gasteiger partial charge in [0.25, 0.3) is 5.91 Å². The first-order valence-electron chi connectivity index (χ1n) is 5.17. The van der Waals surface area contributed by atoms with Crippen LogP contribution in [0, 0.1) is 12.8 Å². The second kappa shape index (κ2) is 4.44. The van der Waals surface area contributed by atoms with Crippen LogP contribution >= 0.6 is 0 Å². The molecule has 1 saturated heterocycles. The van der Waals surface area contributed by atoms with Crippen molar-refractivity contribution in [3.05, 3.63) is 17.5 Å². The second-order valence-corrected chi connectivity index (χ2v) is 3.91. The number of nitrogens with zero attached hydrogens (tertiary/aromatic N) is 1. The van der Waals surface area contributed by atoms with E-state index in [0.29, 0.717) is 18.2 Å². The van der Waals surface area contributed by atoms with Gasteiger partial charge in [-0.1, -0.05) is 5.16 Å². The number of hydrogen-bond donors (Lipinski definition) is 2. The Morgan fingerprint density at radius 1 is 1.80 bits per heavy atom. The highest BCUT2D eigenvalue weighted by Gasteiger charge is 2.18. The highest BCUT2D eigenvalue weighted by molar-refractivity contribution is 5.92. The molecule has 1 aromatic heterocycles. The van der Waals surface area contributed by atoms with Crippen LogP contribution in [0.25, 0.3) is 0 Å². The Hall–Kier alpha value is -1.36. The lowest BCUT2D eigenvalue weighted by atomic mass is 10.1. The Bertz CT molecular complexity index is 342. The number of aryl methyl sites for hydroxylation is 1. The Morgan fingerprint density at radius 2 is 2.67 bits per heavy atom. The molecule has 1 aliphatic heterocycles. The van der Waals surface area contributed by atoms with E-state index in [4.69, 9.17) is 4.52 Å². The summed E-state index contributed by atoms with van der Waals surface area (Å²) in [6.45, 7) is 4.53. The summed E-state index contributed by atoms with van der Waals surface area (Å²) in [5.41, 5.74) is 0.775. The van der Waals surface area contributed by atoms with E-state index in [1.807, 2.05) is 6.92 Å². The van der Waals surface area contributed by atoms with E-state index in [1.54, 1.807) is 6.20 Å². The van der Waals surface area contributed by atoms with Gasteiger partial charge in [-0.05, 0) is 32.4 Å². The van der Waals surface area contributed by atoms with E-state index in [0.717, 1.165) is 25.1 Å². The molecule has 1 atom stereocenters. The third-order valence-corrected chi connectivity index (χ3v) is 2.67. The van der Waals surface area contributed by atoms with Gasteiger partial charge in [0, 0.05) is 12.1 Å². The third kappa shape index (κ3) is 2.36. The van der Waals surface area contributed by atoms with Crippen molar-refractivity contribution < 1.29 is 9.32 Å². The van der Waals surface area contributed by atoms with E-state index in [9.17, 15) is 4.79 Å². The summed E-state index contributed by atoms with van der Waals surface area (Å²) in [7, 11) is 0. The number of aromatic nitrogens is 1. The van der Waals surface area contributed by atoms with Gasteiger partial charge in [-0.15, -0.1) is 0 Å². The fraction of sp³-hybridized carbons (Fsp3) is 0.600. The monoisotopic (exact) mass is 209 g/mol. The van der Waals surface area contributed by atoms with Crippen LogP contribution in [0.15, 0.2) is 10.7 Å². The highest BCUT2D eigenvalue weighted by atomic mass is 16.5. The van der Waals surface area contributed by atoms with Crippen molar-refractivity contribution in [1.82, 2.24) is 15.8 Å². The zero-order valence-electron chi connectivity index (χ0n) is 8.75. The van der Waals surface area contributed by atoms with Gasteiger partial charge in [0.05, 0.1) is 6.20 Å². The molecule has 1 fully saturated rings. The fourth-order valence-electron chi connectivity index (χ4n) is 1.72. The first kappa shape index (κ1) is 10.2.